The molecule has 1 aromatic carbocycles. The molecule has 116 valence electrons. The van der Waals surface area contributed by atoms with Gasteiger partial charge in [0.1, 0.15) is 0 Å². The van der Waals surface area contributed by atoms with Crippen molar-refractivity contribution in [1.82, 2.24) is 4.72 Å². The van der Waals surface area contributed by atoms with E-state index in [0.717, 1.165) is 6.07 Å². The van der Waals surface area contributed by atoms with Gasteiger partial charge in [0, 0.05) is 6.04 Å². The van der Waals surface area contributed by atoms with E-state index < -0.39 is 31.9 Å². The lowest BCUT2D eigenvalue weighted by Gasteiger charge is -2.12. The number of aryl methyl sites for hydroxylation is 1. The molecule has 0 radical (unpaired) electrons. The van der Waals surface area contributed by atoms with Gasteiger partial charge in [0.2, 0.25) is 10.0 Å². The molecule has 1 heterocycles. The summed E-state index contributed by atoms with van der Waals surface area (Å²) in [5.74, 6) is -1.49. The van der Waals surface area contributed by atoms with Gasteiger partial charge in [0.15, 0.2) is 9.84 Å². The Labute approximate surface area is 123 Å². The molecule has 0 bridgehead atoms. The van der Waals surface area contributed by atoms with Crippen molar-refractivity contribution in [2.75, 3.05) is 11.5 Å². The second kappa shape index (κ2) is 5.39. The van der Waals surface area contributed by atoms with Gasteiger partial charge in [-0.2, -0.15) is 0 Å². The minimum Gasteiger partial charge on any atom is -0.478 e. The lowest BCUT2D eigenvalue weighted by atomic mass is 10.1. The molecule has 1 aliphatic rings. The first-order valence-corrected chi connectivity index (χ1v) is 9.48. The van der Waals surface area contributed by atoms with E-state index in [0.29, 0.717) is 5.56 Å². The highest BCUT2D eigenvalue weighted by atomic mass is 32.2. The van der Waals surface area contributed by atoms with Gasteiger partial charge in [-0.1, -0.05) is 6.07 Å². The van der Waals surface area contributed by atoms with Crippen LogP contribution in [0.3, 0.4) is 0 Å². The Morgan fingerprint density at radius 2 is 2.05 bits per heavy atom. The average molecular weight is 333 g/mol. The third kappa shape index (κ3) is 3.60. The van der Waals surface area contributed by atoms with Crippen LogP contribution in [-0.4, -0.2) is 45.5 Å². The van der Waals surface area contributed by atoms with Crippen LogP contribution in [0.2, 0.25) is 0 Å². The Bertz CT molecular complexity index is 782. The van der Waals surface area contributed by atoms with Crippen molar-refractivity contribution in [3.63, 3.8) is 0 Å². The molecule has 2 N–H and O–H groups in total. The number of hydrogen-bond acceptors (Lipinski definition) is 5. The Morgan fingerprint density at radius 1 is 1.38 bits per heavy atom. The molecule has 0 saturated carbocycles. The molecule has 7 nitrogen and oxygen atoms in total. The molecule has 0 spiro atoms. The second-order valence-electron chi connectivity index (χ2n) is 5.00. The number of nitrogens with one attached hydrogen (secondary N) is 1. The summed E-state index contributed by atoms with van der Waals surface area (Å²) < 4.78 is 49.4. The Balaban J connectivity index is 2.28. The number of rotatable bonds is 4. The first-order valence-electron chi connectivity index (χ1n) is 6.17. The minimum absolute atomic E-state index is 0.0472. The van der Waals surface area contributed by atoms with Crippen LogP contribution in [-0.2, 0) is 19.9 Å². The lowest BCUT2D eigenvalue weighted by molar-refractivity contribution is 0.0696. The fraction of sp³-hybridized carbons (Fsp3) is 0.417. The highest BCUT2D eigenvalue weighted by molar-refractivity contribution is 7.92. The number of sulfone groups is 1. The number of benzene rings is 1. The molecule has 21 heavy (non-hydrogen) atoms. The zero-order valence-electron chi connectivity index (χ0n) is 11.2. The molecule has 1 aliphatic heterocycles. The summed E-state index contributed by atoms with van der Waals surface area (Å²) in [7, 11) is -7.14. The Kier molecular flexibility index (Phi) is 4.09. The number of hydrogen-bond donors (Lipinski definition) is 2. The molecular formula is C12H15NO6S2. The van der Waals surface area contributed by atoms with Crippen molar-refractivity contribution < 1.29 is 26.7 Å². The first-order chi connectivity index (χ1) is 9.61. The quantitative estimate of drug-likeness (QED) is 0.810. The SMILES string of the molecule is Cc1ccc(S(=O)(=O)NC2CCS(=O)(=O)C2)cc1C(=O)O. The molecule has 2 rings (SSSR count). The maximum Gasteiger partial charge on any atom is 0.335 e. The third-order valence-electron chi connectivity index (χ3n) is 3.30. The van der Waals surface area contributed by atoms with Crippen LogP contribution in [0, 0.1) is 6.92 Å². The van der Waals surface area contributed by atoms with Gasteiger partial charge in [-0.05, 0) is 31.0 Å². The number of aromatic carboxylic acids is 1. The summed E-state index contributed by atoms with van der Waals surface area (Å²) in [6.07, 6.45) is 0.221. The monoisotopic (exact) mass is 333 g/mol. The molecule has 1 atom stereocenters. The van der Waals surface area contributed by atoms with Crippen molar-refractivity contribution >= 4 is 25.8 Å². The van der Waals surface area contributed by atoms with Crippen LogP contribution in [0.5, 0.6) is 0 Å². The number of sulfonamides is 1. The van der Waals surface area contributed by atoms with E-state index in [4.69, 9.17) is 5.11 Å². The zero-order chi connectivity index (χ0) is 15.8. The van der Waals surface area contributed by atoms with Gasteiger partial charge >= 0.3 is 5.97 Å². The highest BCUT2D eigenvalue weighted by Crippen LogP contribution is 2.18. The zero-order valence-corrected chi connectivity index (χ0v) is 12.9. The summed E-state index contributed by atoms with van der Waals surface area (Å²) >= 11 is 0. The molecule has 1 saturated heterocycles. The molecular weight excluding hydrogens is 318 g/mol. The van der Waals surface area contributed by atoms with Crippen LogP contribution in [0.1, 0.15) is 22.3 Å². The summed E-state index contributed by atoms with van der Waals surface area (Å²) in [6.45, 7) is 1.57. The standard InChI is InChI=1S/C12H15NO6S2/c1-8-2-3-10(6-11(8)12(14)15)21(18,19)13-9-4-5-20(16,17)7-9/h2-3,6,9,13H,4-5,7H2,1H3,(H,14,15). The molecule has 0 aliphatic carbocycles. The van der Waals surface area contributed by atoms with E-state index in [1.807, 2.05) is 0 Å². The summed E-state index contributed by atoms with van der Waals surface area (Å²) in [4.78, 5) is 10.9. The van der Waals surface area contributed by atoms with Gasteiger partial charge in [-0.25, -0.2) is 26.4 Å². The molecule has 1 unspecified atom stereocenters. The lowest BCUT2D eigenvalue weighted by Crippen LogP contribution is -2.35. The summed E-state index contributed by atoms with van der Waals surface area (Å²) in [5, 5.41) is 9.01. The van der Waals surface area contributed by atoms with Gasteiger partial charge in [-0.3, -0.25) is 0 Å². The minimum atomic E-state index is -3.94. The van der Waals surface area contributed by atoms with Gasteiger partial charge in [0.05, 0.1) is 22.0 Å². The average Bonchev–Trinajstić information content (AvgIpc) is 2.67. The predicted octanol–water partition coefficient (Wildman–Crippen LogP) is 0.159. The van der Waals surface area contributed by atoms with E-state index in [9.17, 15) is 21.6 Å². The molecule has 0 amide bonds. The molecule has 1 aromatic rings. The van der Waals surface area contributed by atoms with Crippen LogP contribution >= 0.6 is 0 Å². The maximum atomic E-state index is 12.2. The normalized spacial score (nSPS) is 21.3. The van der Waals surface area contributed by atoms with Crippen LogP contribution in [0.4, 0.5) is 0 Å². The van der Waals surface area contributed by atoms with Gasteiger partial charge < -0.3 is 5.11 Å². The Morgan fingerprint density at radius 3 is 2.57 bits per heavy atom. The van der Waals surface area contributed by atoms with Crippen molar-refractivity contribution in [3.8, 4) is 0 Å². The predicted molar refractivity (Wildman–Crippen MR) is 75.5 cm³/mol. The van der Waals surface area contributed by atoms with Crippen LogP contribution in [0.25, 0.3) is 0 Å². The van der Waals surface area contributed by atoms with E-state index in [-0.39, 0.29) is 28.4 Å². The van der Waals surface area contributed by atoms with Gasteiger partial charge in [-0.15, -0.1) is 0 Å². The third-order valence-corrected chi connectivity index (χ3v) is 6.59. The number of carboxylic acid groups (broad SMARTS) is 1. The van der Waals surface area contributed by atoms with Crippen LogP contribution in [0.15, 0.2) is 23.1 Å². The Hall–Kier alpha value is -1.45. The summed E-state index contributed by atoms with van der Waals surface area (Å²) in [5.41, 5.74) is 0.349. The number of carbonyl (C=O) groups is 1. The van der Waals surface area contributed by atoms with E-state index in [2.05, 4.69) is 4.72 Å². The van der Waals surface area contributed by atoms with E-state index in [1.165, 1.54) is 12.1 Å². The van der Waals surface area contributed by atoms with Crippen molar-refractivity contribution in [2.45, 2.75) is 24.3 Å². The first kappa shape index (κ1) is 15.9. The second-order valence-corrected chi connectivity index (χ2v) is 8.95. The topological polar surface area (TPSA) is 118 Å². The highest BCUT2D eigenvalue weighted by Gasteiger charge is 2.31. The largest absolute Gasteiger partial charge is 0.478 e. The van der Waals surface area contributed by atoms with Crippen LogP contribution < -0.4 is 4.72 Å². The smallest absolute Gasteiger partial charge is 0.335 e. The molecule has 9 heteroatoms. The van der Waals surface area contributed by atoms with Crippen molar-refractivity contribution in [1.29, 1.82) is 0 Å². The fourth-order valence-electron chi connectivity index (χ4n) is 2.17. The fourth-order valence-corrected chi connectivity index (χ4v) is 5.25. The molecule has 1 fully saturated rings. The molecule has 0 aromatic heterocycles. The number of carboxylic acids is 1. The van der Waals surface area contributed by atoms with Crippen molar-refractivity contribution in [3.05, 3.63) is 29.3 Å². The summed E-state index contributed by atoms with van der Waals surface area (Å²) in [6, 6.07) is 3.11. The maximum absolute atomic E-state index is 12.2. The van der Waals surface area contributed by atoms with Gasteiger partial charge in [0.25, 0.3) is 0 Å². The van der Waals surface area contributed by atoms with E-state index >= 15 is 0 Å². The van der Waals surface area contributed by atoms with Crippen molar-refractivity contribution in [2.24, 2.45) is 0 Å². The van der Waals surface area contributed by atoms with E-state index in [1.54, 1.807) is 6.92 Å².